The van der Waals surface area contributed by atoms with Gasteiger partial charge in [0.1, 0.15) is 5.75 Å². The van der Waals surface area contributed by atoms with Crippen molar-refractivity contribution in [3.63, 3.8) is 0 Å². The highest BCUT2D eigenvalue weighted by atomic mass is 32.2. The quantitative estimate of drug-likeness (QED) is 0.488. The van der Waals surface area contributed by atoms with Crippen molar-refractivity contribution in [2.45, 2.75) is 18.4 Å². The lowest BCUT2D eigenvalue weighted by atomic mass is 10.2. The van der Waals surface area contributed by atoms with Crippen molar-refractivity contribution in [3.8, 4) is 5.75 Å². The molecular formula is C25H29N3O4S. The number of rotatable bonds is 10. The van der Waals surface area contributed by atoms with Crippen LogP contribution in [0.1, 0.15) is 12.5 Å². The largest absolute Gasteiger partial charge is 0.497 e. The molecule has 0 aliphatic carbocycles. The molecule has 0 radical (unpaired) electrons. The minimum Gasteiger partial charge on any atom is -0.497 e. The first-order chi connectivity index (χ1) is 15.8. The van der Waals surface area contributed by atoms with E-state index in [9.17, 15) is 13.2 Å². The second-order valence-corrected chi connectivity index (χ2v) is 9.50. The number of hydrogen-bond donors (Lipinski definition) is 1. The molecule has 0 unspecified atom stereocenters. The van der Waals surface area contributed by atoms with Crippen LogP contribution in [0.3, 0.4) is 0 Å². The van der Waals surface area contributed by atoms with Crippen molar-refractivity contribution >= 4 is 27.3 Å². The average Bonchev–Trinajstić information content (AvgIpc) is 2.84. The second kappa shape index (κ2) is 11.0. The maximum absolute atomic E-state index is 13.0. The number of nitrogens with one attached hydrogen (secondary N) is 1. The van der Waals surface area contributed by atoms with E-state index >= 15 is 0 Å². The number of benzene rings is 3. The Balaban J connectivity index is 1.66. The summed E-state index contributed by atoms with van der Waals surface area (Å²) in [6, 6.07) is 22.9. The number of ether oxygens (including phenoxy) is 1. The smallest absolute Gasteiger partial charge is 0.264 e. The molecule has 1 N–H and O–H groups in total. The summed E-state index contributed by atoms with van der Waals surface area (Å²) < 4.78 is 32.5. The van der Waals surface area contributed by atoms with E-state index in [2.05, 4.69) is 5.32 Å². The van der Waals surface area contributed by atoms with Gasteiger partial charge in [0.25, 0.3) is 10.0 Å². The van der Waals surface area contributed by atoms with Crippen LogP contribution in [0.4, 0.5) is 11.4 Å². The molecule has 0 aliphatic heterocycles. The maximum atomic E-state index is 13.0. The van der Waals surface area contributed by atoms with Gasteiger partial charge in [-0.2, -0.15) is 0 Å². The standard InChI is InChI=1S/C25H29N3O4S/c1-4-28(18-20-13-15-23(32-3)16-14-20)19-25(29)26-21-9-8-12-24(17-21)33(30,31)27(2)22-10-6-5-7-11-22/h5-17H,4,18-19H2,1-3H3,(H,26,29). The topological polar surface area (TPSA) is 79.0 Å². The second-order valence-electron chi connectivity index (χ2n) is 7.54. The predicted octanol–water partition coefficient (Wildman–Crippen LogP) is 3.98. The van der Waals surface area contributed by atoms with Gasteiger partial charge in [0.15, 0.2) is 0 Å². The molecule has 0 spiro atoms. The molecule has 0 aromatic heterocycles. The van der Waals surface area contributed by atoms with E-state index in [0.29, 0.717) is 24.5 Å². The van der Waals surface area contributed by atoms with E-state index in [4.69, 9.17) is 4.74 Å². The highest BCUT2D eigenvalue weighted by molar-refractivity contribution is 7.92. The molecule has 0 atom stereocenters. The number of para-hydroxylation sites is 1. The van der Waals surface area contributed by atoms with E-state index < -0.39 is 10.0 Å². The minimum absolute atomic E-state index is 0.109. The van der Waals surface area contributed by atoms with Crippen LogP contribution >= 0.6 is 0 Å². The fraction of sp³-hybridized carbons (Fsp3) is 0.240. The Labute approximate surface area is 195 Å². The third-order valence-corrected chi connectivity index (χ3v) is 7.06. The first kappa shape index (κ1) is 24.3. The molecule has 0 saturated carbocycles. The van der Waals surface area contributed by atoms with Gasteiger partial charge in [-0.15, -0.1) is 0 Å². The van der Waals surface area contributed by atoms with E-state index in [1.54, 1.807) is 43.5 Å². The lowest BCUT2D eigenvalue weighted by Crippen LogP contribution is -2.32. The van der Waals surface area contributed by atoms with Crippen molar-refractivity contribution in [1.29, 1.82) is 0 Å². The van der Waals surface area contributed by atoms with Crippen LogP contribution in [0.5, 0.6) is 5.75 Å². The summed E-state index contributed by atoms with van der Waals surface area (Å²) in [5.74, 6) is 0.573. The van der Waals surface area contributed by atoms with E-state index in [1.807, 2.05) is 42.2 Å². The van der Waals surface area contributed by atoms with Gasteiger partial charge in [-0.1, -0.05) is 43.3 Å². The Morgan fingerprint density at radius 2 is 1.67 bits per heavy atom. The zero-order valence-electron chi connectivity index (χ0n) is 19.1. The number of anilines is 2. The third kappa shape index (κ3) is 6.34. The molecule has 0 heterocycles. The molecule has 3 rings (SSSR count). The van der Waals surface area contributed by atoms with Gasteiger partial charge in [0.2, 0.25) is 5.91 Å². The first-order valence-corrected chi connectivity index (χ1v) is 12.1. The molecule has 0 fully saturated rings. The summed E-state index contributed by atoms with van der Waals surface area (Å²) >= 11 is 0. The number of methoxy groups -OCH3 is 1. The monoisotopic (exact) mass is 467 g/mol. The Hall–Kier alpha value is -3.36. The number of carbonyl (C=O) groups is 1. The van der Waals surface area contributed by atoms with Crippen LogP contribution in [0, 0.1) is 0 Å². The van der Waals surface area contributed by atoms with E-state index in [0.717, 1.165) is 11.3 Å². The molecule has 174 valence electrons. The highest BCUT2D eigenvalue weighted by Crippen LogP contribution is 2.23. The molecular weight excluding hydrogens is 438 g/mol. The summed E-state index contributed by atoms with van der Waals surface area (Å²) in [7, 11) is -0.632. The number of sulfonamides is 1. The molecule has 33 heavy (non-hydrogen) atoms. The van der Waals surface area contributed by atoms with E-state index in [1.165, 1.54) is 23.5 Å². The van der Waals surface area contributed by atoms with Crippen LogP contribution in [-0.4, -0.2) is 46.5 Å². The van der Waals surface area contributed by atoms with Crippen molar-refractivity contribution in [1.82, 2.24) is 4.90 Å². The summed E-state index contributed by atoms with van der Waals surface area (Å²) in [6.07, 6.45) is 0. The first-order valence-electron chi connectivity index (χ1n) is 10.6. The molecule has 7 nitrogen and oxygen atoms in total. The molecule has 0 bridgehead atoms. The van der Waals surface area contributed by atoms with Crippen molar-refractivity contribution in [2.24, 2.45) is 0 Å². The van der Waals surface area contributed by atoms with Gasteiger partial charge >= 0.3 is 0 Å². The molecule has 8 heteroatoms. The fourth-order valence-electron chi connectivity index (χ4n) is 3.34. The minimum atomic E-state index is -3.76. The fourth-order valence-corrected chi connectivity index (χ4v) is 4.58. The zero-order valence-corrected chi connectivity index (χ0v) is 19.9. The SMILES string of the molecule is CCN(CC(=O)Nc1cccc(S(=O)(=O)N(C)c2ccccc2)c1)Cc1ccc(OC)cc1. The van der Waals surface area contributed by atoms with Gasteiger partial charge in [0, 0.05) is 19.3 Å². The summed E-state index contributed by atoms with van der Waals surface area (Å²) in [6.45, 7) is 3.48. The number of amides is 1. The van der Waals surface area contributed by atoms with Crippen LogP contribution < -0.4 is 14.4 Å². The number of hydrogen-bond acceptors (Lipinski definition) is 5. The van der Waals surface area contributed by atoms with Crippen molar-refractivity contribution < 1.29 is 17.9 Å². The van der Waals surface area contributed by atoms with Gasteiger partial charge in [-0.25, -0.2) is 8.42 Å². The summed E-state index contributed by atoms with van der Waals surface area (Å²) in [4.78, 5) is 14.8. The van der Waals surface area contributed by atoms with Gasteiger partial charge < -0.3 is 10.1 Å². The Kier molecular flexibility index (Phi) is 8.08. The van der Waals surface area contributed by atoms with Crippen molar-refractivity contribution in [3.05, 3.63) is 84.4 Å². The van der Waals surface area contributed by atoms with Crippen LogP contribution in [0.15, 0.2) is 83.8 Å². The van der Waals surface area contributed by atoms with Crippen LogP contribution in [0.2, 0.25) is 0 Å². The summed E-state index contributed by atoms with van der Waals surface area (Å²) in [5.41, 5.74) is 2.06. The average molecular weight is 468 g/mol. The molecule has 0 saturated heterocycles. The Morgan fingerprint density at radius 3 is 2.30 bits per heavy atom. The number of likely N-dealkylation sites (N-methyl/N-ethyl adjacent to an activating group) is 1. The zero-order chi connectivity index (χ0) is 23.8. The van der Waals surface area contributed by atoms with Gasteiger partial charge in [-0.3, -0.25) is 14.0 Å². The van der Waals surface area contributed by atoms with Crippen LogP contribution in [0.25, 0.3) is 0 Å². The number of carbonyl (C=O) groups excluding carboxylic acids is 1. The lowest BCUT2D eigenvalue weighted by molar-refractivity contribution is -0.117. The molecule has 3 aromatic rings. The van der Waals surface area contributed by atoms with E-state index in [-0.39, 0.29) is 17.3 Å². The Morgan fingerprint density at radius 1 is 0.970 bits per heavy atom. The number of nitrogens with zero attached hydrogens (tertiary/aromatic N) is 2. The summed E-state index contributed by atoms with van der Waals surface area (Å²) in [5, 5.41) is 2.82. The van der Waals surface area contributed by atoms with Crippen molar-refractivity contribution in [2.75, 3.05) is 36.9 Å². The lowest BCUT2D eigenvalue weighted by Gasteiger charge is -2.21. The molecule has 3 aromatic carbocycles. The predicted molar refractivity (Wildman–Crippen MR) is 131 cm³/mol. The Bertz CT molecular complexity index is 1170. The highest BCUT2D eigenvalue weighted by Gasteiger charge is 2.21. The van der Waals surface area contributed by atoms with Gasteiger partial charge in [-0.05, 0) is 54.6 Å². The van der Waals surface area contributed by atoms with Crippen LogP contribution in [-0.2, 0) is 21.4 Å². The van der Waals surface area contributed by atoms with Gasteiger partial charge in [0.05, 0.1) is 24.2 Å². The molecule has 1 amide bonds. The maximum Gasteiger partial charge on any atom is 0.264 e. The molecule has 0 aliphatic rings. The third-order valence-electron chi connectivity index (χ3n) is 5.28. The normalized spacial score (nSPS) is 11.3.